The van der Waals surface area contributed by atoms with Crippen LogP contribution in [0.4, 0.5) is 0 Å². The van der Waals surface area contributed by atoms with Gasteiger partial charge in [0.15, 0.2) is 6.10 Å². The lowest BCUT2D eigenvalue weighted by molar-refractivity contribution is -0.166. The van der Waals surface area contributed by atoms with Crippen LogP contribution < -0.4 is 0 Å². The van der Waals surface area contributed by atoms with Gasteiger partial charge >= 0.3 is 19.8 Å². The lowest BCUT2D eigenvalue weighted by Crippen LogP contribution is -2.55. The second kappa shape index (κ2) is 32.8. The SMILES string of the molecule is CC/C=C\C/C=C\C/C=C\CCCCCCCC(=O)O[C@@H]1COC(=O)CCC/C=C\C[C@@H]2[C@@H](O)[C@H](O)[C@@H](O)[C@H](OP(=O)(O)OC1)[C@H](O)[C@H](O)[C@@H](/C=C/[C@@H](O)CCCCC)C(=O)C[C@@H]2O. The molecule has 16 nitrogen and oxygen atoms in total. The quantitative estimate of drug-likeness (QED) is 0.0323. The summed E-state index contributed by atoms with van der Waals surface area (Å²) in [6.07, 6.45) is 10.9. The zero-order valence-corrected chi connectivity index (χ0v) is 38.7. The van der Waals surface area contributed by atoms with E-state index in [1.165, 1.54) is 6.08 Å². The van der Waals surface area contributed by atoms with E-state index in [1.54, 1.807) is 12.2 Å². The Kier molecular flexibility index (Phi) is 29.3. The Hall–Kier alpha value is -2.86. The summed E-state index contributed by atoms with van der Waals surface area (Å²) in [6, 6.07) is 0. The lowest BCUT2D eigenvalue weighted by atomic mass is 9.83. The van der Waals surface area contributed by atoms with Gasteiger partial charge in [-0.3, -0.25) is 23.4 Å². The third-order valence-corrected chi connectivity index (χ3v) is 12.2. The summed E-state index contributed by atoms with van der Waals surface area (Å²) in [6.45, 7) is 2.65. The number of fused-ring (bicyclic) bond motifs is 4. The number of aliphatic hydroxyl groups excluding tert-OH is 7. The van der Waals surface area contributed by atoms with Crippen LogP contribution in [-0.2, 0) is 37.5 Å². The molecule has 0 aromatic heterocycles. The standard InChI is InChI=1S/C47H77O16P/c1-3-5-7-8-9-10-11-12-13-14-15-16-17-18-24-28-41(52)62-35-32-60-40(51)27-23-20-19-22-26-36-38(49)31-39(50)37(30-29-34(48)25-21-6-4-2)43(54)45(56)47(46(57)44(55)42(36)53)63-64(58,59)61-33-35/h5,7,9-10,12-13,19,22,29-30,34-38,42-49,53-57H,3-4,6,8,11,14-18,20-21,23-28,31-33H2,1-2H3,(H,58,59)/b7-5-,10-9-,13-12-,22-19-,30-29+/t34-,35+,36-,37-,38-,42+,43+,44-,45+,46+,47+/m0/s1. The zero-order chi connectivity index (χ0) is 47.3. The van der Waals surface area contributed by atoms with E-state index in [9.17, 15) is 59.6 Å². The highest BCUT2D eigenvalue weighted by Gasteiger charge is 2.49. The van der Waals surface area contributed by atoms with Gasteiger partial charge < -0.3 is 50.1 Å². The molecule has 2 bridgehead atoms. The molecule has 0 saturated heterocycles. The predicted octanol–water partition coefficient (Wildman–Crippen LogP) is 5.53. The van der Waals surface area contributed by atoms with E-state index >= 15 is 0 Å². The molecule has 1 fully saturated rings. The van der Waals surface area contributed by atoms with Crippen LogP contribution in [0.2, 0.25) is 0 Å². The Morgan fingerprint density at radius 1 is 0.828 bits per heavy atom. The molecular formula is C47H77O16P. The molecule has 0 aromatic rings. The normalized spacial score (nSPS) is 32.1. The maximum Gasteiger partial charge on any atom is 0.472 e. The second-order valence-electron chi connectivity index (χ2n) is 16.7. The first-order chi connectivity index (χ1) is 30.6. The highest BCUT2D eigenvalue weighted by atomic mass is 31.2. The number of esters is 2. The van der Waals surface area contributed by atoms with E-state index in [-0.39, 0.29) is 19.3 Å². The molecule has 1 saturated carbocycles. The Morgan fingerprint density at radius 3 is 2.22 bits per heavy atom. The average molecular weight is 929 g/mol. The fraction of sp³-hybridized carbons (Fsp3) is 0.723. The van der Waals surface area contributed by atoms with Crippen LogP contribution in [-0.4, -0.2) is 127 Å². The molecule has 1 aliphatic carbocycles. The van der Waals surface area contributed by atoms with Crippen LogP contribution in [0.25, 0.3) is 0 Å². The molecule has 64 heavy (non-hydrogen) atoms. The smallest absolute Gasteiger partial charge is 0.462 e. The number of hydrogen-bond acceptors (Lipinski definition) is 15. The van der Waals surface area contributed by atoms with Gasteiger partial charge in [0.1, 0.15) is 36.8 Å². The number of phosphoric acid groups is 1. The van der Waals surface area contributed by atoms with Crippen molar-refractivity contribution in [1.82, 2.24) is 0 Å². The van der Waals surface area contributed by atoms with E-state index in [2.05, 4.69) is 43.4 Å². The van der Waals surface area contributed by atoms with Crippen LogP contribution in [0.5, 0.6) is 0 Å². The van der Waals surface area contributed by atoms with E-state index in [0.29, 0.717) is 32.1 Å². The number of phosphoric ester groups is 1. The molecule has 17 heteroatoms. The number of carbonyl (C=O) groups excluding carboxylic acids is 3. The van der Waals surface area contributed by atoms with Gasteiger partial charge in [0, 0.05) is 25.2 Å². The van der Waals surface area contributed by atoms with Crippen LogP contribution in [0, 0.1) is 11.8 Å². The monoisotopic (exact) mass is 928 g/mol. The first-order valence-corrected chi connectivity index (χ1v) is 24.7. The van der Waals surface area contributed by atoms with Gasteiger partial charge in [0.2, 0.25) is 0 Å². The van der Waals surface area contributed by atoms with Crippen molar-refractivity contribution in [3.63, 3.8) is 0 Å². The number of Topliss-reactive ketones (excluding diaryl/α,β-unsaturated/α-hetero) is 1. The summed E-state index contributed by atoms with van der Waals surface area (Å²) in [7, 11) is -5.47. The fourth-order valence-corrected chi connectivity index (χ4v) is 8.34. The maximum absolute atomic E-state index is 13.7. The third kappa shape index (κ3) is 23.0. The topological polar surface area (TPSA) is 267 Å². The summed E-state index contributed by atoms with van der Waals surface area (Å²) in [5.41, 5.74) is 0. The van der Waals surface area contributed by atoms with Crippen LogP contribution in [0.3, 0.4) is 0 Å². The van der Waals surface area contributed by atoms with Gasteiger partial charge in [-0.25, -0.2) is 4.57 Å². The van der Waals surface area contributed by atoms with E-state index in [0.717, 1.165) is 70.3 Å². The Balaban J connectivity index is 2.23. The van der Waals surface area contributed by atoms with Crippen molar-refractivity contribution in [2.45, 2.75) is 191 Å². The molecule has 1 heterocycles. The maximum atomic E-state index is 13.7. The number of ketones is 1. The predicted molar refractivity (Wildman–Crippen MR) is 240 cm³/mol. The number of cyclic esters (lactones) is 1. The van der Waals surface area contributed by atoms with Crippen molar-refractivity contribution < 1.29 is 78.1 Å². The number of unbranched alkanes of at least 4 members (excludes halogenated alkanes) is 7. The lowest BCUT2D eigenvalue weighted by Gasteiger charge is -2.36. The van der Waals surface area contributed by atoms with E-state index in [4.69, 9.17) is 18.5 Å². The number of rotatable bonds is 20. The van der Waals surface area contributed by atoms with Gasteiger partial charge in [-0.15, -0.1) is 0 Å². The molecule has 0 radical (unpaired) electrons. The van der Waals surface area contributed by atoms with E-state index < -0.39 is 112 Å². The minimum atomic E-state index is -5.47. The zero-order valence-electron chi connectivity index (χ0n) is 37.8. The molecule has 0 aromatic carbocycles. The number of ether oxygens (including phenoxy) is 2. The third-order valence-electron chi connectivity index (χ3n) is 11.2. The number of hydrogen-bond donors (Lipinski definition) is 8. The summed E-state index contributed by atoms with van der Waals surface area (Å²) in [5, 5.41) is 78.4. The second-order valence-corrected chi connectivity index (χ2v) is 18.1. The van der Waals surface area contributed by atoms with Crippen LogP contribution in [0.1, 0.15) is 136 Å². The van der Waals surface area contributed by atoms with Gasteiger partial charge in [-0.1, -0.05) is 113 Å². The van der Waals surface area contributed by atoms with Gasteiger partial charge in [-0.2, -0.15) is 0 Å². The van der Waals surface area contributed by atoms with E-state index in [1.807, 2.05) is 6.92 Å². The van der Waals surface area contributed by atoms with Crippen molar-refractivity contribution in [3.8, 4) is 0 Å². The Bertz CT molecular complexity index is 1530. The summed E-state index contributed by atoms with van der Waals surface area (Å²) in [4.78, 5) is 50.1. The Labute approximate surface area is 379 Å². The summed E-state index contributed by atoms with van der Waals surface area (Å²) < 4.78 is 34.6. The first kappa shape index (κ1) is 57.3. The molecule has 8 N–H and O–H groups in total. The van der Waals surface area contributed by atoms with Gasteiger partial charge in [0.05, 0.1) is 36.9 Å². The van der Waals surface area contributed by atoms with Crippen molar-refractivity contribution in [3.05, 3.63) is 60.8 Å². The first-order valence-electron chi connectivity index (χ1n) is 23.2. The minimum Gasteiger partial charge on any atom is -0.462 e. The van der Waals surface area contributed by atoms with Crippen molar-refractivity contribution in [2.24, 2.45) is 11.8 Å². The number of carbonyl (C=O) groups is 3. The van der Waals surface area contributed by atoms with Crippen molar-refractivity contribution in [2.75, 3.05) is 13.2 Å². The van der Waals surface area contributed by atoms with Crippen molar-refractivity contribution in [1.29, 1.82) is 0 Å². The van der Waals surface area contributed by atoms with Crippen LogP contribution >= 0.6 is 7.82 Å². The molecule has 1 aliphatic heterocycles. The molecule has 0 amide bonds. The molecule has 2 rings (SSSR count). The largest absolute Gasteiger partial charge is 0.472 e. The highest BCUT2D eigenvalue weighted by molar-refractivity contribution is 7.47. The molecule has 0 spiro atoms. The van der Waals surface area contributed by atoms with Gasteiger partial charge in [0.25, 0.3) is 0 Å². The van der Waals surface area contributed by atoms with Crippen molar-refractivity contribution >= 4 is 25.5 Å². The highest BCUT2D eigenvalue weighted by Crippen LogP contribution is 2.47. The fourth-order valence-electron chi connectivity index (χ4n) is 7.36. The molecule has 1 unspecified atom stereocenters. The summed E-state index contributed by atoms with van der Waals surface area (Å²) in [5.74, 6) is -5.19. The number of allylic oxidation sites excluding steroid dienone is 8. The number of aliphatic hydroxyl groups is 7. The van der Waals surface area contributed by atoms with Gasteiger partial charge in [-0.05, 0) is 64.2 Å². The average Bonchev–Trinajstić information content (AvgIpc) is 3.26. The van der Waals surface area contributed by atoms with Crippen LogP contribution in [0.15, 0.2) is 60.8 Å². The Morgan fingerprint density at radius 2 is 1.50 bits per heavy atom. The molecule has 366 valence electrons. The summed E-state index contributed by atoms with van der Waals surface area (Å²) >= 11 is 0. The molecule has 12 atom stereocenters. The molecular weight excluding hydrogens is 851 g/mol. The minimum absolute atomic E-state index is 0.00209. The molecule has 2 aliphatic rings.